The summed E-state index contributed by atoms with van der Waals surface area (Å²) in [6, 6.07) is 16.4. The van der Waals surface area contributed by atoms with Crippen LogP contribution in [0.25, 0.3) is 11.0 Å². The van der Waals surface area contributed by atoms with E-state index >= 15 is 0 Å². The normalized spacial score (nSPS) is 12.8. The van der Waals surface area contributed by atoms with Crippen molar-refractivity contribution in [3.63, 3.8) is 0 Å². The second kappa shape index (κ2) is 5.43. The van der Waals surface area contributed by atoms with E-state index in [1.807, 2.05) is 24.3 Å². The molecule has 1 unspecified atom stereocenters. The van der Waals surface area contributed by atoms with Crippen LogP contribution in [0.1, 0.15) is 22.9 Å². The number of rotatable bonds is 3. The molecule has 2 aromatic carbocycles. The van der Waals surface area contributed by atoms with E-state index in [2.05, 4.69) is 47.1 Å². The average Bonchev–Trinajstić information content (AvgIpc) is 2.87. The number of nitrogens with two attached hydrogens (primary N) is 1. The number of hydrogen-bond acceptors (Lipinski definition) is 2. The molecule has 3 aromatic rings. The van der Waals surface area contributed by atoms with Gasteiger partial charge >= 0.3 is 0 Å². The first-order valence-electron chi connectivity index (χ1n) is 6.62. The van der Waals surface area contributed by atoms with Gasteiger partial charge in [0, 0.05) is 5.39 Å². The lowest BCUT2D eigenvalue weighted by Gasteiger charge is -2.08. The molecule has 0 saturated carbocycles. The lowest BCUT2D eigenvalue weighted by atomic mass is 10.0. The lowest BCUT2D eigenvalue weighted by Crippen LogP contribution is -2.12. The third kappa shape index (κ3) is 2.65. The van der Waals surface area contributed by atoms with Gasteiger partial charge in [-0.05, 0) is 47.0 Å². The number of furan rings is 1. The zero-order valence-corrected chi connectivity index (χ0v) is 12.9. The molecule has 0 radical (unpaired) electrons. The molecule has 1 aromatic heterocycles. The van der Waals surface area contributed by atoms with Crippen LogP contribution in [0.4, 0.5) is 0 Å². The summed E-state index contributed by atoms with van der Waals surface area (Å²) in [5, 5.41) is 1.08. The highest BCUT2D eigenvalue weighted by Gasteiger charge is 2.14. The molecule has 0 saturated heterocycles. The average molecular weight is 330 g/mol. The molecule has 0 aliphatic heterocycles. The van der Waals surface area contributed by atoms with Gasteiger partial charge in [0.1, 0.15) is 11.3 Å². The van der Waals surface area contributed by atoms with Crippen molar-refractivity contribution in [2.75, 3.05) is 0 Å². The summed E-state index contributed by atoms with van der Waals surface area (Å²) < 4.78 is 6.85. The summed E-state index contributed by atoms with van der Waals surface area (Å²) in [7, 11) is 0. The standard InChI is InChI=1S/C17H16BrNO/c1-11-5-7-12(8-6-11)9-15(19)16-10-13-3-2-4-14(18)17(13)20-16/h2-8,10,15H,9,19H2,1H3. The van der Waals surface area contributed by atoms with Gasteiger partial charge in [-0.3, -0.25) is 0 Å². The maximum Gasteiger partial charge on any atom is 0.148 e. The van der Waals surface area contributed by atoms with Crippen molar-refractivity contribution in [1.29, 1.82) is 0 Å². The van der Waals surface area contributed by atoms with Crippen LogP contribution in [0.15, 0.2) is 57.4 Å². The Bertz CT molecular complexity index is 730. The van der Waals surface area contributed by atoms with E-state index in [1.54, 1.807) is 0 Å². The largest absolute Gasteiger partial charge is 0.458 e. The quantitative estimate of drug-likeness (QED) is 0.753. The molecule has 3 rings (SSSR count). The van der Waals surface area contributed by atoms with Gasteiger partial charge in [0.15, 0.2) is 0 Å². The van der Waals surface area contributed by atoms with E-state index in [-0.39, 0.29) is 6.04 Å². The Morgan fingerprint density at radius 1 is 1.15 bits per heavy atom. The van der Waals surface area contributed by atoms with E-state index in [9.17, 15) is 0 Å². The monoisotopic (exact) mass is 329 g/mol. The van der Waals surface area contributed by atoms with Crippen LogP contribution in [-0.2, 0) is 6.42 Å². The highest BCUT2D eigenvalue weighted by atomic mass is 79.9. The maximum absolute atomic E-state index is 6.27. The molecule has 102 valence electrons. The summed E-state index contributed by atoms with van der Waals surface area (Å²) in [5.41, 5.74) is 9.62. The first kappa shape index (κ1) is 13.4. The van der Waals surface area contributed by atoms with E-state index in [4.69, 9.17) is 10.2 Å². The Kier molecular flexibility index (Phi) is 3.64. The minimum atomic E-state index is -0.128. The van der Waals surface area contributed by atoms with E-state index in [1.165, 1.54) is 11.1 Å². The van der Waals surface area contributed by atoms with Crippen LogP contribution < -0.4 is 5.73 Å². The van der Waals surface area contributed by atoms with Crippen LogP contribution in [0.5, 0.6) is 0 Å². The molecule has 0 aliphatic carbocycles. The third-order valence-electron chi connectivity index (χ3n) is 3.46. The van der Waals surface area contributed by atoms with Crippen LogP contribution in [0.2, 0.25) is 0 Å². The molecule has 3 heteroatoms. The second-order valence-corrected chi connectivity index (χ2v) is 5.96. The van der Waals surface area contributed by atoms with Gasteiger partial charge < -0.3 is 10.2 Å². The summed E-state index contributed by atoms with van der Waals surface area (Å²) >= 11 is 3.50. The number of fused-ring (bicyclic) bond motifs is 1. The first-order chi connectivity index (χ1) is 9.63. The zero-order chi connectivity index (χ0) is 14.1. The Morgan fingerprint density at radius 2 is 1.90 bits per heavy atom. The van der Waals surface area contributed by atoms with Crippen molar-refractivity contribution >= 4 is 26.9 Å². The fraction of sp³-hybridized carbons (Fsp3) is 0.176. The highest BCUT2D eigenvalue weighted by molar-refractivity contribution is 9.10. The molecule has 2 nitrogen and oxygen atoms in total. The first-order valence-corrected chi connectivity index (χ1v) is 7.42. The summed E-state index contributed by atoms with van der Waals surface area (Å²) in [6.45, 7) is 2.08. The number of halogens is 1. The van der Waals surface area contributed by atoms with Gasteiger partial charge in [-0.1, -0.05) is 42.0 Å². The molecular formula is C17H16BrNO. The summed E-state index contributed by atoms with van der Waals surface area (Å²) in [4.78, 5) is 0. The molecule has 0 amide bonds. The van der Waals surface area contributed by atoms with E-state index in [0.29, 0.717) is 0 Å². The van der Waals surface area contributed by atoms with Crippen LogP contribution in [0, 0.1) is 6.92 Å². The molecule has 2 N–H and O–H groups in total. The van der Waals surface area contributed by atoms with Crippen molar-refractivity contribution in [3.05, 3.63) is 69.9 Å². The van der Waals surface area contributed by atoms with Crippen LogP contribution in [0.3, 0.4) is 0 Å². The van der Waals surface area contributed by atoms with Crippen molar-refractivity contribution in [2.45, 2.75) is 19.4 Å². The fourth-order valence-corrected chi connectivity index (χ4v) is 2.77. The molecule has 0 spiro atoms. The molecule has 20 heavy (non-hydrogen) atoms. The van der Waals surface area contributed by atoms with Gasteiger partial charge in [-0.15, -0.1) is 0 Å². The Morgan fingerprint density at radius 3 is 2.60 bits per heavy atom. The number of benzene rings is 2. The van der Waals surface area contributed by atoms with Crippen molar-refractivity contribution in [1.82, 2.24) is 0 Å². The number of hydrogen-bond donors (Lipinski definition) is 1. The molecule has 0 fully saturated rings. The second-order valence-electron chi connectivity index (χ2n) is 5.10. The molecular weight excluding hydrogens is 314 g/mol. The number of aryl methyl sites for hydroxylation is 1. The maximum atomic E-state index is 6.27. The molecule has 0 aliphatic rings. The predicted molar refractivity (Wildman–Crippen MR) is 85.7 cm³/mol. The van der Waals surface area contributed by atoms with Crippen molar-refractivity contribution in [3.8, 4) is 0 Å². The highest BCUT2D eigenvalue weighted by Crippen LogP contribution is 2.30. The van der Waals surface area contributed by atoms with Gasteiger partial charge in [0.05, 0.1) is 10.5 Å². The van der Waals surface area contributed by atoms with Gasteiger partial charge in [0.25, 0.3) is 0 Å². The topological polar surface area (TPSA) is 39.2 Å². The van der Waals surface area contributed by atoms with Gasteiger partial charge in [-0.2, -0.15) is 0 Å². The fourth-order valence-electron chi connectivity index (χ4n) is 2.31. The molecule has 1 heterocycles. The third-order valence-corrected chi connectivity index (χ3v) is 4.08. The van der Waals surface area contributed by atoms with Gasteiger partial charge in [0.2, 0.25) is 0 Å². The SMILES string of the molecule is Cc1ccc(CC(N)c2cc3cccc(Br)c3o2)cc1. The van der Waals surface area contributed by atoms with E-state index < -0.39 is 0 Å². The minimum absolute atomic E-state index is 0.128. The van der Waals surface area contributed by atoms with Crippen LogP contribution >= 0.6 is 15.9 Å². The summed E-state index contributed by atoms with van der Waals surface area (Å²) in [6.07, 6.45) is 0.776. The van der Waals surface area contributed by atoms with Crippen molar-refractivity contribution in [2.24, 2.45) is 5.73 Å². The predicted octanol–water partition coefficient (Wildman–Crippen LogP) is 4.75. The Hall–Kier alpha value is -1.58. The summed E-state index contributed by atoms with van der Waals surface area (Å²) in [5.74, 6) is 0.826. The van der Waals surface area contributed by atoms with Gasteiger partial charge in [-0.25, -0.2) is 0 Å². The number of para-hydroxylation sites is 1. The zero-order valence-electron chi connectivity index (χ0n) is 11.3. The van der Waals surface area contributed by atoms with Crippen molar-refractivity contribution < 1.29 is 4.42 Å². The lowest BCUT2D eigenvalue weighted by molar-refractivity contribution is 0.493. The minimum Gasteiger partial charge on any atom is -0.458 e. The van der Waals surface area contributed by atoms with E-state index in [0.717, 1.165) is 27.6 Å². The van der Waals surface area contributed by atoms with Crippen LogP contribution in [-0.4, -0.2) is 0 Å². The smallest absolute Gasteiger partial charge is 0.148 e. The molecule has 0 bridgehead atoms. The molecule has 1 atom stereocenters. The Labute approximate surface area is 126 Å². The Balaban J connectivity index is 1.86.